The molecule has 0 aliphatic carbocycles. The number of hydrogen-bond acceptors (Lipinski definition) is 5. The Labute approximate surface area is 113 Å². The first-order chi connectivity index (χ1) is 8.46. The minimum absolute atomic E-state index is 0.0335. The van der Waals surface area contributed by atoms with Gasteiger partial charge in [0.15, 0.2) is 9.84 Å². The van der Waals surface area contributed by atoms with Crippen molar-refractivity contribution >= 4 is 25.8 Å². The lowest BCUT2D eigenvalue weighted by atomic mass is 10.3. The van der Waals surface area contributed by atoms with Crippen LogP contribution in [-0.4, -0.2) is 29.1 Å². The maximum Gasteiger partial charge on any atom is 0.156 e. The molecule has 0 unspecified atom stereocenters. The summed E-state index contributed by atoms with van der Waals surface area (Å²) in [5.41, 5.74) is 0.608. The van der Waals surface area contributed by atoms with Crippen molar-refractivity contribution in [3.05, 3.63) is 34.4 Å². The number of nitrogens with zero attached hydrogens (tertiary/aromatic N) is 3. The normalized spacial score (nSPS) is 11.9. The molecule has 0 radical (unpaired) electrons. The Morgan fingerprint density at radius 1 is 1.44 bits per heavy atom. The first-order valence-electron chi connectivity index (χ1n) is 5.25. The van der Waals surface area contributed by atoms with Crippen LogP contribution in [0.25, 0.3) is 0 Å². The fourth-order valence-electron chi connectivity index (χ4n) is 1.46. The fourth-order valence-corrected chi connectivity index (χ4v) is 3.15. The largest absolute Gasteiger partial charge is 0.361 e. The van der Waals surface area contributed by atoms with Gasteiger partial charge < -0.3 is 4.52 Å². The van der Waals surface area contributed by atoms with Gasteiger partial charge in [-0.25, -0.2) is 8.42 Å². The van der Waals surface area contributed by atoms with E-state index in [0.29, 0.717) is 17.9 Å². The molecule has 0 aliphatic heterocycles. The van der Waals surface area contributed by atoms with Crippen LogP contribution in [0.2, 0.25) is 0 Å². The van der Waals surface area contributed by atoms with E-state index in [-0.39, 0.29) is 11.5 Å². The summed E-state index contributed by atoms with van der Waals surface area (Å²) in [6.07, 6.45) is 4.80. The van der Waals surface area contributed by atoms with Crippen LogP contribution in [0.3, 0.4) is 0 Å². The summed E-state index contributed by atoms with van der Waals surface area (Å²) in [5, 5.41) is 7.57. The monoisotopic (exact) mass is 333 g/mol. The maximum absolute atomic E-state index is 11.9. The number of sulfone groups is 1. The lowest BCUT2D eigenvalue weighted by Gasteiger charge is -2.03. The Morgan fingerprint density at radius 2 is 2.22 bits per heavy atom. The van der Waals surface area contributed by atoms with Crippen molar-refractivity contribution in [2.24, 2.45) is 0 Å². The van der Waals surface area contributed by atoms with Gasteiger partial charge in [0.1, 0.15) is 5.76 Å². The highest BCUT2D eigenvalue weighted by atomic mass is 79.9. The average molecular weight is 334 g/mol. The molecule has 0 bridgehead atoms. The zero-order valence-electron chi connectivity index (χ0n) is 9.71. The summed E-state index contributed by atoms with van der Waals surface area (Å²) in [5.74, 6) is 0.525. The Kier molecular flexibility index (Phi) is 3.86. The van der Waals surface area contributed by atoms with Crippen LogP contribution in [0.5, 0.6) is 0 Å². The zero-order valence-corrected chi connectivity index (χ0v) is 12.1. The van der Waals surface area contributed by atoms with Crippen LogP contribution in [0.4, 0.5) is 0 Å². The molecular formula is C10H12BrN3O3S. The average Bonchev–Trinajstić information content (AvgIpc) is 2.86. The lowest BCUT2D eigenvalue weighted by Crippen LogP contribution is -2.15. The second kappa shape index (κ2) is 5.23. The highest BCUT2D eigenvalue weighted by Gasteiger charge is 2.16. The van der Waals surface area contributed by atoms with Crippen LogP contribution in [0, 0.1) is 6.92 Å². The molecule has 0 saturated heterocycles. The highest BCUT2D eigenvalue weighted by Crippen LogP contribution is 2.12. The maximum atomic E-state index is 11.9. The smallest absolute Gasteiger partial charge is 0.156 e. The molecule has 0 amide bonds. The van der Waals surface area contributed by atoms with Crippen LogP contribution in [0.1, 0.15) is 11.3 Å². The van der Waals surface area contributed by atoms with Gasteiger partial charge in [-0.1, -0.05) is 5.16 Å². The Bertz CT molecular complexity index is 632. The molecule has 0 aliphatic rings. The molecule has 2 heterocycles. The van der Waals surface area contributed by atoms with Gasteiger partial charge in [-0.2, -0.15) is 5.10 Å². The van der Waals surface area contributed by atoms with E-state index in [1.165, 1.54) is 6.20 Å². The van der Waals surface area contributed by atoms with Crippen LogP contribution >= 0.6 is 15.9 Å². The molecule has 0 atom stereocenters. The molecule has 0 fully saturated rings. The Balaban J connectivity index is 1.98. The second-order valence-corrected chi connectivity index (χ2v) is 7.02. The van der Waals surface area contributed by atoms with Crippen molar-refractivity contribution in [1.29, 1.82) is 0 Å². The molecule has 2 aromatic rings. The van der Waals surface area contributed by atoms with Gasteiger partial charge in [0.05, 0.1) is 34.9 Å². The second-order valence-electron chi connectivity index (χ2n) is 3.92. The summed E-state index contributed by atoms with van der Waals surface area (Å²) in [6.45, 7) is 2.03. The van der Waals surface area contributed by atoms with E-state index in [2.05, 4.69) is 26.2 Å². The molecule has 6 nitrogen and oxygen atoms in total. The first-order valence-corrected chi connectivity index (χ1v) is 7.86. The minimum Gasteiger partial charge on any atom is -0.361 e. The van der Waals surface area contributed by atoms with Crippen molar-refractivity contribution in [3.8, 4) is 0 Å². The first kappa shape index (κ1) is 13.3. The predicted molar refractivity (Wildman–Crippen MR) is 68.7 cm³/mol. The van der Waals surface area contributed by atoms with Crippen molar-refractivity contribution in [1.82, 2.24) is 14.9 Å². The molecule has 2 rings (SSSR count). The Hall–Kier alpha value is -1.15. The van der Waals surface area contributed by atoms with Crippen LogP contribution in [-0.2, 0) is 22.1 Å². The number of halogens is 1. The SMILES string of the molecule is Cc1oncc1CS(=O)(=O)CCn1cc(Br)cn1. The van der Waals surface area contributed by atoms with Gasteiger partial charge in [0, 0.05) is 11.8 Å². The van der Waals surface area contributed by atoms with Crippen molar-refractivity contribution in [2.45, 2.75) is 19.2 Å². The van der Waals surface area contributed by atoms with Crippen molar-refractivity contribution in [2.75, 3.05) is 5.75 Å². The topological polar surface area (TPSA) is 78.0 Å². The number of aryl methyl sites for hydroxylation is 2. The molecule has 8 heteroatoms. The number of aromatic nitrogens is 3. The lowest BCUT2D eigenvalue weighted by molar-refractivity contribution is 0.396. The van der Waals surface area contributed by atoms with Crippen molar-refractivity contribution in [3.63, 3.8) is 0 Å². The molecule has 0 spiro atoms. The van der Waals surface area contributed by atoms with Crippen LogP contribution < -0.4 is 0 Å². The summed E-state index contributed by atoms with van der Waals surface area (Å²) in [7, 11) is -3.19. The predicted octanol–water partition coefficient (Wildman–Crippen LogP) is 1.56. The number of hydrogen-bond donors (Lipinski definition) is 0. The molecule has 0 aromatic carbocycles. The molecule has 2 aromatic heterocycles. The fraction of sp³-hybridized carbons (Fsp3) is 0.400. The minimum atomic E-state index is -3.19. The van der Waals surface area contributed by atoms with Gasteiger partial charge in [-0.3, -0.25) is 4.68 Å². The van der Waals surface area contributed by atoms with Gasteiger partial charge in [0.25, 0.3) is 0 Å². The number of rotatable bonds is 5. The summed E-state index contributed by atoms with van der Waals surface area (Å²) < 4.78 is 31.1. The van der Waals surface area contributed by atoms with Crippen LogP contribution in [0.15, 0.2) is 27.6 Å². The zero-order chi connectivity index (χ0) is 13.2. The third kappa shape index (κ3) is 3.42. The van der Waals surface area contributed by atoms with Gasteiger partial charge >= 0.3 is 0 Å². The standard InChI is InChI=1S/C10H12BrN3O3S/c1-8-9(4-13-17-8)7-18(15,16)3-2-14-6-10(11)5-12-14/h4-6H,2-3,7H2,1H3. The molecule has 0 N–H and O–H groups in total. The van der Waals surface area contributed by atoms with Crippen molar-refractivity contribution < 1.29 is 12.9 Å². The highest BCUT2D eigenvalue weighted by molar-refractivity contribution is 9.10. The van der Waals surface area contributed by atoms with E-state index < -0.39 is 9.84 Å². The summed E-state index contributed by atoms with van der Waals surface area (Å²) in [6, 6.07) is 0. The molecular weight excluding hydrogens is 322 g/mol. The van der Waals surface area contributed by atoms with Gasteiger partial charge in [0.2, 0.25) is 0 Å². The quantitative estimate of drug-likeness (QED) is 0.829. The van der Waals surface area contributed by atoms with E-state index >= 15 is 0 Å². The third-order valence-electron chi connectivity index (χ3n) is 2.46. The van der Waals surface area contributed by atoms with E-state index in [0.717, 1.165) is 4.47 Å². The molecule has 18 heavy (non-hydrogen) atoms. The van der Waals surface area contributed by atoms with E-state index in [1.54, 1.807) is 24.0 Å². The van der Waals surface area contributed by atoms with Gasteiger partial charge in [-0.15, -0.1) is 0 Å². The van der Waals surface area contributed by atoms with E-state index in [1.807, 2.05) is 0 Å². The van der Waals surface area contributed by atoms with E-state index in [9.17, 15) is 8.42 Å². The van der Waals surface area contributed by atoms with E-state index in [4.69, 9.17) is 4.52 Å². The molecule has 0 saturated carbocycles. The molecule has 98 valence electrons. The summed E-state index contributed by atoms with van der Waals surface area (Å²) in [4.78, 5) is 0. The Morgan fingerprint density at radius 3 is 2.78 bits per heavy atom. The summed E-state index contributed by atoms with van der Waals surface area (Å²) >= 11 is 3.26. The van der Waals surface area contributed by atoms with Gasteiger partial charge in [-0.05, 0) is 22.9 Å². The third-order valence-corrected chi connectivity index (χ3v) is 4.42.